The number of nitrogens with zero attached hydrogens (tertiary/aromatic N) is 1. The summed E-state index contributed by atoms with van der Waals surface area (Å²) < 4.78 is 43.3. The van der Waals surface area contributed by atoms with Crippen molar-refractivity contribution >= 4 is 23.6 Å². The Hall–Kier alpha value is -3.63. The highest BCUT2D eigenvalue weighted by Gasteiger charge is 2.32. The molecule has 182 valence electrons. The number of nitrogens with one attached hydrogen (secondary N) is 3. The molecule has 0 radical (unpaired) electrons. The average molecular weight is 478 g/mol. The van der Waals surface area contributed by atoms with E-state index in [1.165, 1.54) is 0 Å². The van der Waals surface area contributed by atoms with E-state index in [0.717, 1.165) is 42.8 Å². The highest BCUT2D eigenvalue weighted by atomic mass is 19.4. The second-order valence-electron chi connectivity index (χ2n) is 8.97. The second-order valence-corrected chi connectivity index (χ2v) is 8.97. The number of aromatic nitrogens is 1. The molecule has 3 rings (SSSR count). The van der Waals surface area contributed by atoms with E-state index < -0.39 is 29.5 Å². The molecular weight excluding hydrogens is 451 g/mol. The number of carbonyl (C=O) groups is 2. The predicted octanol–water partition coefficient (Wildman–Crippen LogP) is 3.33. The van der Waals surface area contributed by atoms with Crippen LogP contribution >= 0.6 is 0 Å². The number of ether oxygens (including phenoxy) is 1. The molecule has 0 saturated heterocycles. The fourth-order valence-electron chi connectivity index (χ4n) is 3.10. The zero-order valence-corrected chi connectivity index (χ0v) is 19.0. The van der Waals surface area contributed by atoms with Gasteiger partial charge in [0.25, 0.3) is 5.84 Å². The Bertz CT molecular complexity index is 1070. The lowest BCUT2D eigenvalue weighted by atomic mass is 10.1. The largest absolute Gasteiger partial charge is 0.444 e. The lowest BCUT2D eigenvalue weighted by molar-refractivity contribution is -0.137. The number of benzene rings is 1. The lowest BCUT2D eigenvalue weighted by Gasteiger charge is -2.19. The van der Waals surface area contributed by atoms with E-state index >= 15 is 0 Å². The monoisotopic (exact) mass is 478 g/mol. The molecule has 1 aliphatic rings. The standard InChI is InChI=1S/C23H26F3N5O3/c1-22(2,3)34-21(33)29-12-13-10-17(18(28-11-13)14-4-5-14)19(27)31-20(32)30-16-8-6-15(7-9-16)23(24,25)26/h6-11,14H,4-5,12H2,1-3H3,(H,29,33)(H3,27,30,31,32)/p+1. The van der Waals surface area contributed by atoms with Crippen molar-refractivity contribution < 1.29 is 32.9 Å². The normalized spacial score (nSPS) is 13.7. The first kappa shape index (κ1) is 25.0. The fraction of sp³-hybridized carbons (Fsp3) is 0.391. The van der Waals surface area contributed by atoms with Crippen molar-refractivity contribution in [3.8, 4) is 0 Å². The average Bonchev–Trinajstić information content (AvgIpc) is 3.55. The summed E-state index contributed by atoms with van der Waals surface area (Å²) in [6.07, 6.45) is -1.52. The molecule has 3 amide bonds. The van der Waals surface area contributed by atoms with Crippen molar-refractivity contribution in [2.24, 2.45) is 0 Å². The zero-order valence-electron chi connectivity index (χ0n) is 19.0. The molecule has 1 aromatic carbocycles. The van der Waals surface area contributed by atoms with Crippen LogP contribution in [0.5, 0.6) is 0 Å². The van der Waals surface area contributed by atoms with Gasteiger partial charge in [0.1, 0.15) is 5.60 Å². The molecular formula is C23H27F3N5O3+. The van der Waals surface area contributed by atoms with Crippen LogP contribution in [0.3, 0.4) is 0 Å². The Balaban J connectivity index is 1.66. The van der Waals surface area contributed by atoms with Crippen molar-refractivity contribution in [1.29, 1.82) is 0 Å². The van der Waals surface area contributed by atoms with Crippen molar-refractivity contribution in [2.75, 3.05) is 5.32 Å². The molecule has 0 bridgehead atoms. The molecule has 0 unspecified atom stereocenters. The van der Waals surface area contributed by atoms with Crippen molar-refractivity contribution in [3.63, 3.8) is 0 Å². The van der Waals surface area contributed by atoms with E-state index in [2.05, 4.69) is 20.9 Å². The van der Waals surface area contributed by atoms with E-state index in [0.29, 0.717) is 11.1 Å². The van der Waals surface area contributed by atoms with E-state index in [4.69, 9.17) is 10.1 Å². The quantitative estimate of drug-likeness (QED) is 0.389. The van der Waals surface area contributed by atoms with Crippen LogP contribution in [-0.4, -0.2) is 28.5 Å². The van der Waals surface area contributed by atoms with Gasteiger partial charge >= 0.3 is 18.3 Å². The van der Waals surface area contributed by atoms with E-state index in [-0.39, 0.29) is 24.0 Å². The number of amidine groups is 1. The Morgan fingerprint density at radius 1 is 1.15 bits per heavy atom. The number of halogens is 3. The molecule has 0 spiro atoms. The number of amides is 3. The number of hydrogen-bond acceptors (Lipinski definition) is 4. The van der Waals surface area contributed by atoms with Gasteiger partial charge in [0, 0.05) is 24.3 Å². The van der Waals surface area contributed by atoms with Crippen LogP contribution in [0.25, 0.3) is 0 Å². The smallest absolute Gasteiger partial charge is 0.416 e. The third-order valence-corrected chi connectivity index (χ3v) is 4.78. The van der Waals surface area contributed by atoms with Gasteiger partial charge in [-0.05, 0) is 69.5 Å². The number of hydrogen-bond donors (Lipinski definition) is 4. The highest BCUT2D eigenvalue weighted by molar-refractivity contribution is 6.08. The molecule has 1 fully saturated rings. The number of pyridine rings is 1. The number of rotatable bonds is 5. The van der Waals surface area contributed by atoms with Gasteiger partial charge in [-0.3, -0.25) is 15.7 Å². The first-order valence-corrected chi connectivity index (χ1v) is 10.7. The van der Waals surface area contributed by atoms with Gasteiger partial charge in [-0.2, -0.15) is 18.5 Å². The van der Waals surface area contributed by atoms with E-state index in [9.17, 15) is 22.8 Å². The van der Waals surface area contributed by atoms with Gasteiger partial charge in [0.2, 0.25) is 0 Å². The third-order valence-electron chi connectivity index (χ3n) is 4.78. The molecule has 1 aromatic heterocycles. The number of nitrogens with two attached hydrogens (primary N) is 1. The zero-order chi connectivity index (χ0) is 25.1. The first-order valence-electron chi connectivity index (χ1n) is 10.7. The molecule has 1 heterocycles. The lowest BCUT2D eigenvalue weighted by Crippen LogP contribution is -2.53. The fourth-order valence-corrected chi connectivity index (χ4v) is 3.10. The van der Waals surface area contributed by atoms with Crippen LogP contribution in [0.4, 0.5) is 28.4 Å². The first-order chi connectivity index (χ1) is 15.8. The minimum absolute atomic E-state index is 0.0397. The maximum Gasteiger partial charge on any atom is 0.416 e. The molecule has 8 nitrogen and oxygen atoms in total. The van der Waals surface area contributed by atoms with Gasteiger partial charge < -0.3 is 10.1 Å². The molecule has 0 atom stereocenters. The number of alkyl halides is 3. The van der Waals surface area contributed by atoms with E-state index in [1.807, 2.05) is 0 Å². The molecule has 1 saturated carbocycles. The maximum atomic E-state index is 12.7. The summed E-state index contributed by atoms with van der Waals surface area (Å²) in [6.45, 7) is 5.42. The van der Waals surface area contributed by atoms with Crippen LogP contribution in [0, 0.1) is 0 Å². The summed E-state index contributed by atoms with van der Waals surface area (Å²) in [5, 5.41) is 13.7. The van der Waals surface area contributed by atoms with Crippen LogP contribution in [0.1, 0.15) is 61.9 Å². The van der Waals surface area contributed by atoms with Gasteiger partial charge in [-0.1, -0.05) is 0 Å². The summed E-state index contributed by atoms with van der Waals surface area (Å²) in [5.41, 5.74) is 0.627. The number of urea groups is 1. The van der Waals surface area contributed by atoms with Crippen LogP contribution in [0.2, 0.25) is 0 Å². The minimum atomic E-state index is -4.46. The highest BCUT2D eigenvalue weighted by Crippen LogP contribution is 2.40. The molecule has 0 aliphatic heterocycles. The predicted molar refractivity (Wildman–Crippen MR) is 119 cm³/mol. The topological polar surface area (TPSA) is 118 Å². The number of anilines is 1. The summed E-state index contributed by atoms with van der Waals surface area (Å²) in [4.78, 5) is 28.8. The van der Waals surface area contributed by atoms with Gasteiger partial charge in [0.05, 0.1) is 16.8 Å². The van der Waals surface area contributed by atoms with Crippen molar-refractivity contribution in [1.82, 2.24) is 15.6 Å². The molecule has 34 heavy (non-hydrogen) atoms. The van der Waals surface area contributed by atoms with Gasteiger partial charge in [-0.25, -0.2) is 9.59 Å². The Labute approximate surface area is 194 Å². The van der Waals surface area contributed by atoms with E-state index in [1.54, 1.807) is 33.0 Å². The molecule has 2 aromatic rings. The Morgan fingerprint density at radius 3 is 2.35 bits per heavy atom. The summed E-state index contributed by atoms with van der Waals surface area (Å²) in [6, 6.07) is 5.07. The molecule has 11 heteroatoms. The number of alkyl carbamates (subject to hydrolysis) is 1. The summed E-state index contributed by atoms with van der Waals surface area (Å²) in [5.74, 6) is 0.263. The maximum absolute atomic E-state index is 12.7. The molecule has 5 N–H and O–H groups in total. The van der Waals surface area contributed by atoms with Crippen molar-refractivity contribution in [2.45, 2.75) is 57.9 Å². The molecule has 1 aliphatic carbocycles. The van der Waals surface area contributed by atoms with Gasteiger partial charge in [0.15, 0.2) is 0 Å². The third kappa shape index (κ3) is 7.19. The number of carbonyl (C=O) groups excluding carboxylic acids is 2. The minimum Gasteiger partial charge on any atom is -0.444 e. The van der Waals surface area contributed by atoms with Crippen LogP contribution in [0.15, 0.2) is 36.5 Å². The summed E-state index contributed by atoms with van der Waals surface area (Å²) >= 11 is 0. The van der Waals surface area contributed by atoms with Crippen LogP contribution in [-0.2, 0) is 17.5 Å². The SMILES string of the molecule is CC(C)(C)OC(=O)NCc1cnc(C2CC2)c(C(=[NH2+])NC(=O)Nc2ccc(C(F)(F)F)cc2)c1. The Kier molecular flexibility index (Phi) is 7.13. The summed E-state index contributed by atoms with van der Waals surface area (Å²) in [7, 11) is 0. The van der Waals surface area contributed by atoms with Crippen LogP contribution < -0.4 is 21.4 Å². The van der Waals surface area contributed by atoms with Crippen molar-refractivity contribution in [3.05, 3.63) is 58.9 Å². The Morgan fingerprint density at radius 2 is 1.79 bits per heavy atom. The van der Waals surface area contributed by atoms with Gasteiger partial charge in [-0.15, -0.1) is 0 Å². The second kappa shape index (κ2) is 9.70.